The molecule has 1 saturated carbocycles. The van der Waals surface area contributed by atoms with Gasteiger partial charge in [-0.2, -0.15) is 0 Å². The summed E-state index contributed by atoms with van der Waals surface area (Å²) in [4.78, 5) is 2.52. The number of hydrogen-bond donors (Lipinski definition) is 2. The molecule has 2 unspecified atom stereocenters. The van der Waals surface area contributed by atoms with E-state index in [1.165, 1.54) is 51.5 Å². The normalized spacial score (nSPS) is 28.9. The average Bonchev–Trinajstić information content (AvgIpc) is 3.14. The summed E-state index contributed by atoms with van der Waals surface area (Å²) in [5.74, 6) is 0. The van der Waals surface area contributed by atoms with Crippen LogP contribution >= 0.6 is 0 Å². The third-order valence-corrected chi connectivity index (χ3v) is 4.14. The Balaban J connectivity index is 1.72. The lowest BCUT2D eigenvalue weighted by molar-refractivity contribution is 0.0857. The van der Waals surface area contributed by atoms with Crippen LogP contribution in [0, 0.1) is 0 Å². The molecule has 0 spiro atoms. The first-order chi connectivity index (χ1) is 8.29. The van der Waals surface area contributed by atoms with Gasteiger partial charge < -0.3 is 10.4 Å². The van der Waals surface area contributed by atoms with Crippen LogP contribution < -0.4 is 5.32 Å². The second kappa shape index (κ2) is 6.72. The Kier molecular flexibility index (Phi) is 5.26. The summed E-state index contributed by atoms with van der Waals surface area (Å²) in [5, 5.41) is 13.5. The lowest BCUT2D eigenvalue weighted by Gasteiger charge is -2.31. The van der Waals surface area contributed by atoms with Gasteiger partial charge in [0.25, 0.3) is 0 Å². The zero-order chi connectivity index (χ0) is 12.1. The number of β-amino-alcohol motifs (C(OH)–C–C–N with tert-alkyl or cyclic N) is 1. The zero-order valence-electron chi connectivity index (χ0n) is 11.2. The zero-order valence-corrected chi connectivity index (χ0v) is 11.2. The molecule has 2 rings (SSSR count). The maximum atomic E-state index is 10.1. The van der Waals surface area contributed by atoms with Crippen LogP contribution in [0.5, 0.6) is 0 Å². The van der Waals surface area contributed by atoms with Gasteiger partial charge in [-0.05, 0) is 38.6 Å². The van der Waals surface area contributed by atoms with Crippen molar-refractivity contribution >= 4 is 0 Å². The molecule has 0 amide bonds. The standard InChI is InChI=1S/C14H28N2O/c1-2-13-6-4-3-5-9-16(13)11-14(17)10-15-12-7-8-12/h12-15,17H,2-11H2,1H3. The highest BCUT2D eigenvalue weighted by Gasteiger charge is 2.24. The van der Waals surface area contributed by atoms with E-state index in [0.717, 1.165) is 13.1 Å². The van der Waals surface area contributed by atoms with Crippen molar-refractivity contribution in [2.24, 2.45) is 0 Å². The molecule has 0 bridgehead atoms. The molecule has 0 radical (unpaired) electrons. The van der Waals surface area contributed by atoms with Crippen molar-refractivity contribution in [3.05, 3.63) is 0 Å². The van der Waals surface area contributed by atoms with Crippen molar-refractivity contribution in [2.45, 2.75) is 70.1 Å². The SMILES string of the molecule is CCC1CCCCCN1CC(O)CNC1CC1. The quantitative estimate of drug-likeness (QED) is 0.742. The molecule has 3 nitrogen and oxygen atoms in total. The Bertz CT molecular complexity index is 218. The Hall–Kier alpha value is -0.120. The Morgan fingerprint density at radius 1 is 1.24 bits per heavy atom. The van der Waals surface area contributed by atoms with Crippen LogP contribution in [0.2, 0.25) is 0 Å². The van der Waals surface area contributed by atoms with Gasteiger partial charge in [0.2, 0.25) is 0 Å². The minimum absolute atomic E-state index is 0.192. The molecule has 2 fully saturated rings. The first-order valence-corrected chi connectivity index (χ1v) is 7.45. The number of nitrogens with one attached hydrogen (secondary N) is 1. The van der Waals surface area contributed by atoms with Gasteiger partial charge in [0.15, 0.2) is 0 Å². The maximum absolute atomic E-state index is 10.1. The van der Waals surface area contributed by atoms with E-state index in [0.29, 0.717) is 12.1 Å². The summed E-state index contributed by atoms with van der Waals surface area (Å²) >= 11 is 0. The maximum Gasteiger partial charge on any atom is 0.0791 e. The summed E-state index contributed by atoms with van der Waals surface area (Å²) in [6, 6.07) is 1.41. The topological polar surface area (TPSA) is 35.5 Å². The molecular formula is C14H28N2O. The van der Waals surface area contributed by atoms with Gasteiger partial charge in [-0.1, -0.05) is 19.8 Å². The third kappa shape index (κ3) is 4.57. The minimum atomic E-state index is -0.192. The first kappa shape index (κ1) is 13.3. The Labute approximate surface area is 106 Å². The Morgan fingerprint density at radius 3 is 2.76 bits per heavy atom. The predicted octanol–water partition coefficient (Wildman–Crippen LogP) is 1.75. The fraction of sp³-hybridized carbons (Fsp3) is 1.00. The molecule has 0 aromatic carbocycles. The fourth-order valence-electron chi connectivity index (χ4n) is 2.86. The van der Waals surface area contributed by atoms with E-state index < -0.39 is 0 Å². The van der Waals surface area contributed by atoms with E-state index in [2.05, 4.69) is 17.1 Å². The number of nitrogens with zero attached hydrogens (tertiary/aromatic N) is 1. The summed E-state index contributed by atoms with van der Waals surface area (Å²) < 4.78 is 0. The lowest BCUT2D eigenvalue weighted by atomic mass is 10.1. The number of aliphatic hydroxyl groups excluding tert-OH is 1. The van der Waals surface area contributed by atoms with E-state index >= 15 is 0 Å². The molecule has 1 saturated heterocycles. The smallest absolute Gasteiger partial charge is 0.0791 e. The van der Waals surface area contributed by atoms with Crippen LogP contribution in [-0.2, 0) is 0 Å². The van der Waals surface area contributed by atoms with Gasteiger partial charge in [0, 0.05) is 25.2 Å². The number of likely N-dealkylation sites (tertiary alicyclic amines) is 1. The van der Waals surface area contributed by atoms with Gasteiger partial charge in [-0.15, -0.1) is 0 Å². The monoisotopic (exact) mass is 240 g/mol. The van der Waals surface area contributed by atoms with Crippen molar-refractivity contribution in [3.63, 3.8) is 0 Å². The third-order valence-electron chi connectivity index (χ3n) is 4.14. The largest absolute Gasteiger partial charge is 0.390 e. The highest BCUT2D eigenvalue weighted by molar-refractivity contribution is 4.83. The summed E-state index contributed by atoms with van der Waals surface area (Å²) in [7, 11) is 0. The second-order valence-electron chi connectivity index (χ2n) is 5.74. The molecule has 0 aromatic rings. The van der Waals surface area contributed by atoms with E-state index in [1.807, 2.05) is 0 Å². The first-order valence-electron chi connectivity index (χ1n) is 7.45. The fourth-order valence-corrected chi connectivity index (χ4v) is 2.86. The van der Waals surface area contributed by atoms with Gasteiger partial charge in [0.05, 0.1) is 6.10 Å². The molecule has 2 aliphatic rings. The van der Waals surface area contributed by atoms with E-state index in [1.54, 1.807) is 0 Å². The van der Waals surface area contributed by atoms with E-state index in [9.17, 15) is 5.11 Å². The molecule has 17 heavy (non-hydrogen) atoms. The van der Waals surface area contributed by atoms with Gasteiger partial charge in [-0.25, -0.2) is 0 Å². The summed E-state index contributed by atoms with van der Waals surface area (Å²) in [6.45, 7) is 5.09. The predicted molar refractivity (Wildman–Crippen MR) is 71.2 cm³/mol. The van der Waals surface area contributed by atoms with Crippen LogP contribution in [-0.4, -0.2) is 47.8 Å². The van der Waals surface area contributed by atoms with E-state index in [4.69, 9.17) is 0 Å². The van der Waals surface area contributed by atoms with Crippen LogP contribution in [0.25, 0.3) is 0 Å². The van der Waals surface area contributed by atoms with Crippen molar-refractivity contribution in [1.29, 1.82) is 0 Å². The molecular weight excluding hydrogens is 212 g/mol. The second-order valence-corrected chi connectivity index (χ2v) is 5.74. The highest BCUT2D eigenvalue weighted by Crippen LogP contribution is 2.20. The number of aliphatic hydroxyl groups is 1. The molecule has 100 valence electrons. The van der Waals surface area contributed by atoms with Gasteiger partial charge in [0.1, 0.15) is 0 Å². The van der Waals surface area contributed by atoms with Gasteiger partial charge in [-0.3, -0.25) is 4.90 Å². The summed E-state index contributed by atoms with van der Waals surface area (Å²) in [6.07, 6.45) is 8.99. The van der Waals surface area contributed by atoms with Crippen molar-refractivity contribution in [3.8, 4) is 0 Å². The van der Waals surface area contributed by atoms with Crippen molar-refractivity contribution in [1.82, 2.24) is 10.2 Å². The molecule has 1 aliphatic heterocycles. The van der Waals surface area contributed by atoms with Crippen LogP contribution in [0.3, 0.4) is 0 Å². The Morgan fingerprint density at radius 2 is 2.06 bits per heavy atom. The van der Waals surface area contributed by atoms with E-state index in [-0.39, 0.29) is 6.10 Å². The summed E-state index contributed by atoms with van der Waals surface area (Å²) in [5.41, 5.74) is 0. The molecule has 2 atom stereocenters. The van der Waals surface area contributed by atoms with Crippen LogP contribution in [0.4, 0.5) is 0 Å². The number of rotatable bonds is 6. The molecule has 1 heterocycles. The lowest BCUT2D eigenvalue weighted by Crippen LogP contribution is -2.43. The molecule has 0 aromatic heterocycles. The molecule has 2 N–H and O–H groups in total. The van der Waals surface area contributed by atoms with Gasteiger partial charge >= 0.3 is 0 Å². The van der Waals surface area contributed by atoms with Crippen molar-refractivity contribution < 1.29 is 5.11 Å². The number of hydrogen-bond acceptors (Lipinski definition) is 3. The molecule has 1 aliphatic carbocycles. The minimum Gasteiger partial charge on any atom is -0.390 e. The van der Waals surface area contributed by atoms with Crippen molar-refractivity contribution in [2.75, 3.05) is 19.6 Å². The van der Waals surface area contributed by atoms with Crippen LogP contribution in [0.1, 0.15) is 51.9 Å². The molecule has 3 heteroatoms. The highest BCUT2D eigenvalue weighted by atomic mass is 16.3. The average molecular weight is 240 g/mol. The van der Waals surface area contributed by atoms with Crippen LogP contribution in [0.15, 0.2) is 0 Å².